The van der Waals surface area contributed by atoms with Crippen LogP contribution in [0.1, 0.15) is 56.8 Å². The summed E-state index contributed by atoms with van der Waals surface area (Å²) in [5.41, 5.74) is 16.1. The maximum atomic E-state index is 14.1. The Morgan fingerprint density at radius 3 is 2.07 bits per heavy atom. The highest BCUT2D eigenvalue weighted by atomic mass is 16.5. The zero-order chi connectivity index (χ0) is 31.5. The fraction of sp³-hybridized carbons (Fsp3) is 0.257. The highest BCUT2D eigenvalue weighted by Gasteiger charge is 2.31. The summed E-state index contributed by atoms with van der Waals surface area (Å²) in [6, 6.07) is 26.9. The van der Waals surface area contributed by atoms with Gasteiger partial charge in [0.05, 0.1) is 23.8 Å². The van der Waals surface area contributed by atoms with E-state index in [1.165, 1.54) is 0 Å². The monoisotopic (exact) mass is 593 g/mol. The lowest BCUT2D eigenvalue weighted by molar-refractivity contribution is -0.129. The lowest BCUT2D eigenvalue weighted by atomic mass is 9.90. The predicted octanol–water partition coefficient (Wildman–Crippen LogP) is 3.72. The molecule has 0 unspecified atom stereocenters. The molecule has 3 amide bonds. The summed E-state index contributed by atoms with van der Waals surface area (Å²) >= 11 is 0. The molecule has 1 heterocycles. The molecule has 2 atom stereocenters. The molecular formula is C35H39N5O4. The van der Waals surface area contributed by atoms with Crippen LogP contribution in [0.4, 0.5) is 0 Å². The summed E-state index contributed by atoms with van der Waals surface area (Å²) < 4.78 is 5.56. The summed E-state index contributed by atoms with van der Waals surface area (Å²) in [7, 11) is 0. The summed E-state index contributed by atoms with van der Waals surface area (Å²) in [6.45, 7) is 4.94. The number of aromatic nitrogens is 1. The number of amides is 3. The minimum Gasteiger partial charge on any atom is -0.494 e. The van der Waals surface area contributed by atoms with E-state index >= 15 is 0 Å². The number of benzene rings is 3. The van der Waals surface area contributed by atoms with Crippen molar-refractivity contribution >= 4 is 17.7 Å². The molecule has 3 aromatic carbocycles. The summed E-state index contributed by atoms with van der Waals surface area (Å²) in [5.74, 6) is -1.65. The van der Waals surface area contributed by atoms with Crippen LogP contribution >= 0.6 is 0 Å². The molecule has 0 saturated heterocycles. The molecule has 0 saturated carbocycles. The number of hydrogen-bond donors (Lipinski definition) is 4. The number of nitrogens with two attached hydrogens (primary N) is 2. The highest BCUT2D eigenvalue weighted by molar-refractivity contribution is 5.97. The lowest BCUT2D eigenvalue weighted by Crippen LogP contribution is -2.49. The quantitative estimate of drug-likeness (QED) is 0.175. The fourth-order valence-corrected chi connectivity index (χ4v) is 4.93. The van der Waals surface area contributed by atoms with Gasteiger partial charge in [0.1, 0.15) is 11.8 Å². The number of nitrogens with zero attached hydrogens (tertiary/aromatic N) is 1. The second-order valence-corrected chi connectivity index (χ2v) is 10.6. The van der Waals surface area contributed by atoms with Gasteiger partial charge in [-0.3, -0.25) is 19.4 Å². The summed E-state index contributed by atoms with van der Waals surface area (Å²) in [6.07, 6.45) is 0.492. The second-order valence-electron chi connectivity index (χ2n) is 10.6. The second kappa shape index (κ2) is 15.5. The van der Waals surface area contributed by atoms with Crippen molar-refractivity contribution in [2.24, 2.45) is 11.5 Å². The van der Waals surface area contributed by atoms with Crippen molar-refractivity contribution in [3.8, 4) is 5.75 Å². The van der Waals surface area contributed by atoms with E-state index in [4.69, 9.17) is 16.2 Å². The third-order valence-electron chi connectivity index (χ3n) is 7.29. The SMILES string of the molecule is CCOc1ccc(C[C@@H](C(=O)N[C@@H](Cc2ccccc2)C(=O)NCc2ccc(CN)cc2)c2nc(C)ccc2C(N)=O)cc1. The number of rotatable bonds is 14. The Kier molecular flexibility index (Phi) is 11.2. The molecule has 0 radical (unpaired) electrons. The van der Waals surface area contributed by atoms with Gasteiger partial charge in [0, 0.05) is 25.2 Å². The van der Waals surface area contributed by atoms with Crippen molar-refractivity contribution in [2.75, 3.05) is 6.61 Å². The van der Waals surface area contributed by atoms with Crippen molar-refractivity contribution in [1.29, 1.82) is 0 Å². The Morgan fingerprint density at radius 1 is 0.795 bits per heavy atom. The van der Waals surface area contributed by atoms with Crippen LogP contribution in [0.2, 0.25) is 0 Å². The Hall–Kier alpha value is -5.02. The van der Waals surface area contributed by atoms with Crippen LogP contribution < -0.4 is 26.8 Å². The van der Waals surface area contributed by atoms with E-state index in [-0.39, 0.29) is 36.6 Å². The molecule has 0 aliphatic heterocycles. The first-order chi connectivity index (χ1) is 21.3. The largest absolute Gasteiger partial charge is 0.494 e. The van der Waals surface area contributed by atoms with Crippen LogP contribution in [0, 0.1) is 6.92 Å². The van der Waals surface area contributed by atoms with E-state index in [9.17, 15) is 14.4 Å². The van der Waals surface area contributed by atoms with E-state index in [1.807, 2.05) is 85.8 Å². The van der Waals surface area contributed by atoms with Gasteiger partial charge in [-0.25, -0.2) is 0 Å². The smallest absolute Gasteiger partial charge is 0.250 e. The number of aryl methyl sites for hydroxylation is 1. The number of carbonyl (C=O) groups excluding carboxylic acids is 3. The zero-order valence-corrected chi connectivity index (χ0v) is 25.1. The number of hydrogen-bond acceptors (Lipinski definition) is 6. The molecule has 1 aromatic heterocycles. The van der Waals surface area contributed by atoms with Gasteiger partial charge in [0.25, 0.3) is 5.91 Å². The number of carbonyl (C=O) groups is 3. The molecule has 4 rings (SSSR count). The minimum absolute atomic E-state index is 0.159. The fourth-order valence-electron chi connectivity index (χ4n) is 4.93. The summed E-state index contributed by atoms with van der Waals surface area (Å²) in [4.78, 5) is 44.7. The average molecular weight is 594 g/mol. The summed E-state index contributed by atoms with van der Waals surface area (Å²) in [5, 5.41) is 5.93. The Bertz CT molecular complexity index is 1560. The molecule has 9 heteroatoms. The molecule has 6 N–H and O–H groups in total. The molecule has 0 spiro atoms. The van der Waals surface area contributed by atoms with Gasteiger partial charge in [-0.05, 0) is 66.8 Å². The Morgan fingerprint density at radius 2 is 1.43 bits per heavy atom. The van der Waals surface area contributed by atoms with Crippen molar-refractivity contribution in [1.82, 2.24) is 15.6 Å². The first-order valence-electron chi connectivity index (χ1n) is 14.7. The zero-order valence-electron chi connectivity index (χ0n) is 25.1. The third-order valence-corrected chi connectivity index (χ3v) is 7.29. The number of ether oxygens (including phenoxy) is 1. The standard InChI is InChI=1S/C35H39N5O4/c1-3-44-28-16-14-25(15-17-28)19-30(32-29(33(37)41)18-9-23(2)39-32)34(42)40-31(20-24-7-5-4-6-8-24)35(43)38-22-27-12-10-26(21-36)11-13-27/h4-18,30-31H,3,19-22,36H2,1-2H3,(H2,37,41)(H,38,43)(H,40,42)/t30-,31+/m1/s1. The molecule has 0 bridgehead atoms. The van der Waals surface area contributed by atoms with Crippen molar-refractivity contribution < 1.29 is 19.1 Å². The molecule has 0 aliphatic rings. The van der Waals surface area contributed by atoms with E-state index in [2.05, 4.69) is 15.6 Å². The minimum atomic E-state index is -0.898. The van der Waals surface area contributed by atoms with Crippen LogP contribution in [-0.2, 0) is 35.5 Å². The van der Waals surface area contributed by atoms with Gasteiger partial charge in [0.15, 0.2) is 0 Å². The average Bonchev–Trinajstić information content (AvgIpc) is 3.03. The van der Waals surface area contributed by atoms with Crippen LogP contribution in [0.3, 0.4) is 0 Å². The maximum Gasteiger partial charge on any atom is 0.250 e. The van der Waals surface area contributed by atoms with E-state index < -0.39 is 23.8 Å². The molecule has 0 fully saturated rings. The highest BCUT2D eigenvalue weighted by Crippen LogP contribution is 2.25. The lowest BCUT2D eigenvalue weighted by Gasteiger charge is -2.24. The third kappa shape index (κ3) is 8.75. The predicted molar refractivity (Wildman–Crippen MR) is 170 cm³/mol. The Balaban J connectivity index is 1.63. The molecule has 9 nitrogen and oxygen atoms in total. The van der Waals surface area contributed by atoms with Gasteiger partial charge in [-0.15, -0.1) is 0 Å². The van der Waals surface area contributed by atoms with Crippen LogP contribution in [0.5, 0.6) is 5.75 Å². The normalized spacial score (nSPS) is 12.2. The number of pyridine rings is 1. The molecule has 4 aromatic rings. The molecule has 44 heavy (non-hydrogen) atoms. The van der Waals surface area contributed by atoms with Gasteiger partial charge in [-0.2, -0.15) is 0 Å². The van der Waals surface area contributed by atoms with Crippen molar-refractivity contribution in [2.45, 2.75) is 51.7 Å². The van der Waals surface area contributed by atoms with Gasteiger partial charge >= 0.3 is 0 Å². The van der Waals surface area contributed by atoms with Crippen LogP contribution in [0.15, 0.2) is 91.0 Å². The first-order valence-corrected chi connectivity index (χ1v) is 14.7. The Labute approximate surface area is 258 Å². The van der Waals surface area contributed by atoms with E-state index in [1.54, 1.807) is 19.1 Å². The van der Waals surface area contributed by atoms with Gasteiger partial charge < -0.3 is 26.8 Å². The van der Waals surface area contributed by atoms with Gasteiger partial charge in [-0.1, -0.05) is 66.7 Å². The first kappa shape index (κ1) is 31.9. The van der Waals surface area contributed by atoms with Gasteiger partial charge in [0.2, 0.25) is 11.8 Å². The van der Waals surface area contributed by atoms with Crippen molar-refractivity contribution in [3.63, 3.8) is 0 Å². The van der Waals surface area contributed by atoms with E-state index in [0.717, 1.165) is 22.3 Å². The maximum absolute atomic E-state index is 14.1. The topological polar surface area (TPSA) is 149 Å². The molecule has 0 aliphatic carbocycles. The number of nitrogens with one attached hydrogen (secondary N) is 2. The molecule has 228 valence electrons. The molecular weight excluding hydrogens is 554 g/mol. The van der Waals surface area contributed by atoms with Crippen molar-refractivity contribution in [3.05, 3.63) is 130 Å². The van der Waals surface area contributed by atoms with E-state index in [0.29, 0.717) is 24.6 Å². The van der Waals surface area contributed by atoms with Crippen LogP contribution in [-0.4, -0.2) is 35.4 Å². The number of primary amides is 1. The van der Waals surface area contributed by atoms with Crippen LogP contribution in [0.25, 0.3) is 0 Å².